The van der Waals surface area contributed by atoms with Gasteiger partial charge in [-0.2, -0.15) is 0 Å². The summed E-state index contributed by atoms with van der Waals surface area (Å²) in [5.41, 5.74) is 7.88. The first-order valence-corrected chi connectivity index (χ1v) is 25.2. The maximum absolute atomic E-state index is 13.2. The number of hydrogen-bond acceptors (Lipinski definition) is 10. The average Bonchev–Trinajstić information content (AvgIpc) is 1.42. The Bertz CT molecular complexity index is 3660. The Morgan fingerprint density at radius 2 is 0.427 bits per heavy atom. The minimum absolute atomic E-state index is 0. The first-order chi connectivity index (χ1) is 39.4. The molecule has 0 atom stereocenters. The zero-order valence-electron chi connectivity index (χ0n) is 47.8. The van der Waals surface area contributed by atoms with E-state index in [1.165, 1.54) is 0 Å². The summed E-state index contributed by atoms with van der Waals surface area (Å²) in [5.74, 6) is -0.976. The number of aliphatic hydroxyl groups is 2. The number of benzene rings is 8. The molecule has 12 rings (SSSR count). The second-order valence-corrected chi connectivity index (χ2v) is 17.6. The van der Waals surface area contributed by atoms with Crippen LogP contribution in [0.4, 0.5) is 22.7 Å². The molecular weight excluding hydrogens is 2080 g/mol. The van der Waals surface area contributed by atoms with E-state index in [9.17, 15) is 19.2 Å². The number of nitrogens with zero attached hydrogens (tertiary/aromatic N) is 4. The van der Waals surface area contributed by atoms with E-state index >= 15 is 0 Å². The van der Waals surface area contributed by atoms with Crippen molar-refractivity contribution in [3.63, 3.8) is 0 Å². The van der Waals surface area contributed by atoms with E-state index in [2.05, 4.69) is 41.2 Å². The summed E-state index contributed by atoms with van der Waals surface area (Å²) in [4.78, 5) is 69.0. The van der Waals surface area contributed by atoms with Crippen molar-refractivity contribution in [1.82, 2.24) is 19.9 Å². The molecule has 89 heavy (non-hydrogen) atoms. The van der Waals surface area contributed by atoms with E-state index < -0.39 is 0 Å². The Labute approximate surface area is 639 Å². The van der Waals surface area contributed by atoms with Crippen molar-refractivity contribution in [3.8, 4) is 22.3 Å². The third kappa shape index (κ3) is 20.4. The van der Waals surface area contributed by atoms with Gasteiger partial charge in [0.15, 0.2) is 0 Å². The number of halogens is 6. The van der Waals surface area contributed by atoms with Crippen molar-refractivity contribution in [3.05, 3.63) is 266 Å². The number of rotatable bonds is 10. The molecule has 4 heterocycles. The average molecular weight is 2130 g/mol. The largest absolute Gasteiger partial charge is 2.00 e. The van der Waals surface area contributed by atoms with Gasteiger partial charge in [0.05, 0.1) is 0 Å². The fourth-order valence-electron chi connectivity index (χ4n) is 9.37. The molecule has 4 aromatic heterocycles. The number of carbonyl (C=O) groups is 4. The second-order valence-electron chi connectivity index (χ2n) is 17.6. The fraction of sp³-hybridized carbons (Fsp3) is 0.0303. The van der Waals surface area contributed by atoms with Crippen LogP contribution < -0.4 is 123 Å². The van der Waals surface area contributed by atoms with Crippen LogP contribution in [-0.2, 0) is 83.0 Å². The number of pyridine rings is 4. The van der Waals surface area contributed by atoms with Crippen LogP contribution in [0, 0.1) is 0 Å². The Hall–Kier alpha value is -5.11. The molecule has 0 aliphatic rings. The van der Waals surface area contributed by atoms with Crippen LogP contribution in [-0.4, -0.2) is 68.0 Å². The maximum atomic E-state index is 13.2. The Morgan fingerprint density at radius 1 is 0.258 bits per heavy atom. The molecule has 0 spiro atoms. The molecule has 0 saturated heterocycles. The van der Waals surface area contributed by atoms with Crippen molar-refractivity contribution >= 4 is 89.5 Å². The van der Waals surface area contributed by atoms with Gasteiger partial charge in [0.25, 0.3) is 23.6 Å². The number of amides is 4. The quantitative estimate of drug-likeness (QED) is 0.0721. The van der Waals surface area contributed by atoms with Crippen LogP contribution in [0.15, 0.2) is 244 Å². The van der Waals surface area contributed by atoms with Gasteiger partial charge in [0.1, 0.15) is 0 Å². The van der Waals surface area contributed by atoms with Gasteiger partial charge < -0.3 is 133 Å². The third-order valence-corrected chi connectivity index (χ3v) is 13.0. The third-order valence-electron chi connectivity index (χ3n) is 13.0. The molecule has 14 nitrogen and oxygen atoms in total. The summed E-state index contributed by atoms with van der Waals surface area (Å²) in [7, 11) is 2.00. The van der Waals surface area contributed by atoms with E-state index in [0.717, 1.165) is 79.6 Å². The molecule has 4 amide bonds. The Kier molecular flexibility index (Phi) is 39.7. The molecule has 0 radical (unpaired) electrons. The molecule has 23 heteroatoms. The monoisotopic (exact) mass is 2130 g/mol. The standard InChI is InChI=1S/2C32H22N4O2.2CH4O.6BrH.3Hg/c2*37-31(23-13-17-33-18-14-23)35-27-11-9-21-5-1-3-7-25(21)29(27)30-26-8-4-2-6-22(26)10-12-28(30)36-32(38)24-15-19-34-20-16-24;2*1-2;;;;;;;;;/h2*1-20H,(H,35,37)(H,36,38);2*2H,1H3;6*1H;;;/q;;;;;;;;;;3*+2/p-6. The predicted octanol–water partition coefficient (Wildman–Crippen LogP) is -4.86. The number of anilines is 4. The molecule has 0 aliphatic carbocycles. The summed E-state index contributed by atoms with van der Waals surface area (Å²) in [6.45, 7) is 0. The smallest absolute Gasteiger partial charge is 1.00 e. The summed E-state index contributed by atoms with van der Waals surface area (Å²) >= 11 is 0. The molecular formula is C66H52Br6Hg3N8O6. The minimum atomic E-state index is -0.244. The van der Waals surface area contributed by atoms with Crippen LogP contribution >= 0.6 is 0 Å². The number of aromatic nitrogens is 4. The summed E-state index contributed by atoms with van der Waals surface area (Å²) in [6, 6.07) is 61.1. The first-order valence-electron chi connectivity index (χ1n) is 25.2. The van der Waals surface area contributed by atoms with Crippen LogP contribution in [0.3, 0.4) is 0 Å². The van der Waals surface area contributed by atoms with Gasteiger partial charge in [-0.3, -0.25) is 39.1 Å². The van der Waals surface area contributed by atoms with Gasteiger partial charge in [0.2, 0.25) is 0 Å². The van der Waals surface area contributed by atoms with Crippen molar-refractivity contribution in [2.75, 3.05) is 35.5 Å². The summed E-state index contributed by atoms with van der Waals surface area (Å²) in [5, 5.41) is 34.3. The van der Waals surface area contributed by atoms with E-state index in [1.54, 1.807) is 98.1 Å². The van der Waals surface area contributed by atoms with Crippen LogP contribution in [0.2, 0.25) is 0 Å². The second kappa shape index (κ2) is 42.1. The zero-order chi connectivity index (χ0) is 55.8. The normalized spacial score (nSPS) is 9.39. The molecule has 0 fully saturated rings. The van der Waals surface area contributed by atoms with Crippen molar-refractivity contribution in [1.29, 1.82) is 0 Å². The van der Waals surface area contributed by atoms with Gasteiger partial charge in [-0.25, -0.2) is 0 Å². The topological polar surface area (TPSA) is 208 Å². The van der Waals surface area contributed by atoms with Gasteiger partial charge in [-0.05, 0) is 116 Å². The van der Waals surface area contributed by atoms with E-state index in [0.29, 0.717) is 45.0 Å². The Balaban J connectivity index is 0.00000150. The van der Waals surface area contributed by atoms with Gasteiger partial charge in [0, 0.05) is 131 Å². The molecule has 0 bridgehead atoms. The number of aliphatic hydroxyl groups excluding tert-OH is 2. The van der Waals surface area contributed by atoms with Gasteiger partial charge in [-0.1, -0.05) is 121 Å². The zero-order valence-corrected chi connectivity index (χ0v) is 73.8. The summed E-state index contributed by atoms with van der Waals surface area (Å²) in [6.07, 6.45) is 12.7. The maximum Gasteiger partial charge on any atom is 2.00 e. The van der Waals surface area contributed by atoms with Crippen LogP contribution in [0.5, 0.6) is 0 Å². The molecule has 0 aliphatic heterocycles. The Morgan fingerprint density at radius 3 is 0.607 bits per heavy atom. The van der Waals surface area contributed by atoms with E-state index in [4.69, 9.17) is 10.2 Å². The van der Waals surface area contributed by atoms with E-state index in [1.807, 2.05) is 146 Å². The van der Waals surface area contributed by atoms with Crippen molar-refractivity contribution in [2.45, 2.75) is 0 Å². The number of carbonyl (C=O) groups excluding carboxylic acids is 4. The van der Waals surface area contributed by atoms with Gasteiger partial charge >= 0.3 is 83.0 Å². The first kappa shape index (κ1) is 83.9. The van der Waals surface area contributed by atoms with Crippen molar-refractivity contribution in [2.24, 2.45) is 0 Å². The minimum Gasteiger partial charge on any atom is -1.00 e. The van der Waals surface area contributed by atoms with E-state index in [-0.39, 0.29) is 209 Å². The summed E-state index contributed by atoms with van der Waals surface area (Å²) < 4.78 is 0. The number of hydrogen-bond donors (Lipinski definition) is 6. The SMILES string of the molecule is CO.CO.O=C(Nc1ccc2ccccc2c1-c1c(NC(=O)c2ccncc2)ccc2ccccc12)c1ccncc1.O=C(Nc1ccc2ccccc2c1-c1c(NC(=O)c2ccncc2)ccc2ccccc12)c1ccncc1.[Br-].[Br-].[Br-].[Br-].[Br-].[Br-].[Hg+2].[Hg+2].[Hg+2]. The molecule has 0 unspecified atom stereocenters. The van der Waals surface area contributed by atoms with Crippen LogP contribution in [0.25, 0.3) is 65.3 Å². The molecule has 8 aromatic carbocycles. The van der Waals surface area contributed by atoms with Crippen LogP contribution in [0.1, 0.15) is 41.4 Å². The molecule has 0 saturated carbocycles. The molecule has 12 aromatic rings. The van der Waals surface area contributed by atoms with Crippen molar-refractivity contribution < 1.29 is 214 Å². The number of fused-ring (bicyclic) bond motifs is 4. The van der Waals surface area contributed by atoms with Gasteiger partial charge in [-0.15, -0.1) is 0 Å². The fourth-order valence-corrected chi connectivity index (χ4v) is 9.37. The number of nitrogens with one attached hydrogen (secondary N) is 4. The predicted molar refractivity (Wildman–Crippen MR) is 319 cm³/mol. The molecule has 6 N–H and O–H groups in total. The molecule has 440 valence electrons.